The van der Waals surface area contributed by atoms with Gasteiger partial charge >= 0.3 is 0 Å². The van der Waals surface area contributed by atoms with Crippen LogP contribution in [0.4, 0.5) is 0 Å². The van der Waals surface area contributed by atoms with Gasteiger partial charge in [-0.2, -0.15) is 0 Å². The molecule has 0 radical (unpaired) electrons. The second-order valence-corrected chi connectivity index (χ2v) is 30.2. The largest absolute Gasteiger partial charge is 0.756 e. The predicted molar refractivity (Wildman–Crippen MR) is 395 cm³/mol. The van der Waals surface area contributed by atoms with Gasteiger partial charge in [-0.3, -0.25) is 9.36 Å². The van der Waals surface area contributed by atoms with Crippen molar-refractivity contribution in [2.45, 2.75) is 424 Å². The van der Waals surface area contributed by atoms with Gasteiger partial charge in [-0.25, -0.2) is 0 Å². The highest BCUT2D eigenvalue weighted by molar-refractivity contribution is 7.45. The Morgan fingerprint density at radius 3 is 0.900 bits per heavy atom. The predicted octanol–water partition coefficient (Wildman–Crippen LogP) is 25.5. The van der Waals surface area contributed by atoms with Crippen molar-refractivity contribution in [2.75, 3.05) is 40.9 Å². The molecule has 0 fully saturated rings. The summed E-state index contributed by atoms with van der Waals surface area (Å²) in [6.07, 6.45) is 98.7. The maximum atomic E-state index is 13.1. The van der Waals surface area contributed by atoms with Crippen molar-refractivity contribution in [2.24, 2.45) is 0 Å². The Morgan fingerprint density at radius 2 is 0.622 bits per heavy atom. The van der Waals surface area contributed by atoms with Gasteiger partial charge in [0.1, 0.15) is 13.2 Å². The summed E-state index contributed by atoms with van der Waals surface area (Å²) >= 11 is 0. The summed E-state index contributed by atoms with van der Waals surface area (Å²) in [5, 5.41) is 14.0. The number of phosphoric acid groups is 1. The number of aliphatic hydroxyl groups excluding tert-OH is 1. The van der Waals surface area contributed by atoms with Crippen LogP contribution in [0.25, 0.3) is 0 Å². The number of unbranched alkanes of at least 4 members (excludes halogenated alkanes) is 56. The molecule has 2 N–H and O–H groups in total. The smallest absolute Gasteiger partial charge is 0.268 e. The lowest BCUT2D eigenvalue weighted by Crippen LogP contribution is -2.45. The summed E-state index contributed by atoms with van der Waals surface area (Å²) in [4.78, 5) is 25.7. The number of carbonyl (C=O) groups is 1. The quantitative estimate of drug-likeness (QED) is 0.0272. The number of nitrogens with zero attached hydrogens (tertiary/aromatic N) is 1. The summed E-state index contributed by atoms with van der Waals surface area (Å²) in [5.41, 5.74) is 0. The molecular formula is C81H157N2O6P. The minimum absolute atomic E-state index is 0.00757. The van der Waals surface area contributed by atoms with E-state index in [0.29, 0.717) is 17.4 Å². The monoisotopic (exact) mass is 1290 g/mol. The van der Waals surface area contributed by atoms with E-state index < -0.39 is 26.6 Å². The van der Waals surface area contributed by atoms with E-state index in [4.69, 9.17) is 9.05 Å². The second kappa shape index (κ2) is 71.7. The molecule has 0 saturated heterocycles. The molecule has 0 bridgehead atoms. The summed E-state index contributed by atoms with van der Waals surface area (Å²) in [6.45, 7) is 4.68. The number of nitrogens with one attached hydrogen (secondary N) is 1. The SMILES string of the molecule is CCCCCCCCCC/C=C\CCCCCCCCCCCCCCCCCCCCCCCCCCCCCCCC(=O)NC(COP(=O)([O-])OCC[N+](C)(C)C)C(O)/C=C/CC/C=C/CC/C=C/CCCCCCCCCCCCCCCCCCC. The Bertz CT molecular complexity index is 1610. The minimum atomic E-state index is -4.62. The van der Waals surface area contributed by atoms with Gasteiger partial charge in [-0.15, -0.1) is 0 Å². The van der Waals surface area contributed by atoms with Gasteiger partial charge in [-0.1, -0.05) is 383 Å². The third-order valence-corrected chi connectivity index (χ3v) is 19.5. The Kier molecular flexibility index (Phi) is 70.5. The topological polar surface area (TPSA) is 108 Å². The molecule has 0 aliphatic heterocycles. The van der Waals surface area contributed by atoms with Crippen LogP contribution >= 0.6 is 7.82 Å². The molecule has 3 atom stereocenters. The van der Waals surface area contributed by atoms with Gasteiger partial charge in [0, 0.05) is 6.42 Å². The molecule has 0 aromatic heterocycles. The van der Waals surface area contributed by atoms with Crippen molar-refractivity contribution in [3.8, 4) is 0 Å². The fourth-order valence-electron chi connectivity index (χ4n) is 12.3. The number of hydrogen-bond donors (Lipinski definition) is 2. The molecule has 90 heavy (non-hydrogen) atoms. The molecule has 0 aliphatic rings. The van der Waals surface area contributed by atoms with Crippen molar-refractivity contribution in [3.05, 3.63) is 48.6 Å². The van der Waals surface area contributed by atoms with E-state index in [1.54, 1.807) is 6.08 Å². The summed E-state index contributed by atoms with van der Waals surface area (Å²) in [5.74, 6) is -0.203. The van der Waals surface area contributed by atoms with Crippen LogP contribution in [0.2, 0.25) is 0 Å². The van der Waals surface area contributed by atoms with E-state index in [1.165, 1.54) is 347 Å². The highest BCUT2D eigenvalue weighted by Crippen LogP contribution is 2.38. The van der Waals surface area contributed by atoms with Gasteiger partial charge < -0.3 is 28.8 Å². The van der Waals surface area contributed by atoms with Crippen LogP contribution in [0.5, 0.6) is 0 Å². The number of carbonyl (C=O) groups excluding carboxylic acids is 1. The van der Waals surface area contributed by atoms with Crippen LogP contribution < -0.4 is 10.2 Å². The van der Waals surface area contributed by atoms with Crippen LogP contribution in [0, 0.1) is 0 Å². The first-order valence-electron chi connectivity index (χ1n) is 40.0. The van der Waals surface area contributed by atoms with E-state index in [0.717, 1.165) is 44.9 Å². The van der Waals surface area contributed by atoms with Gasteiger partial charge in [0.05, 0.1) is 39.9 Å². The first-order chi connectivity index (χ1) is 44.0. The number of hydrogen-bond acceptors (Lipinski definition) is 6. The average Bonchev–Trinajstić information content (AvgIpc) is 3.09. The van der Waals surface area contributed by atoms with Gasteiger partial charge in [0.2, 0.25) is 5.91 Å². The highest BCUT2D eigenvalue weighted by atomic mass is 31.2. The van der Waals surface area contributed by atoms with Crippen LogP contribution in [-0.2, 0) is 18.4 Å². The molecule has 0 aromatic rings. The fourth-order valence-corrected chi connectivity index (χ4v) is 13.0. The fraction of sp³-hybridized carbons (Fsp3) is 0.889. The number of phosphoric ester groups is 1. The lowest BCUT2D eigenvalue weighted by Gasteiger charge is -2.29. The maximum absolute atomic E-state index is 13.1. The number of amides is 1. The lowest BCUT2D eigenvalue weighted by molar-refractivity contribution is -0.870. The first kappa shape index (κ1) is 88.5. The number of aliphatic hydroxyl groups is 1. The van der Waals surface area contributed by atoms with E-state index >= 15 is 0 Å². The molecule has 0 spiro atoms. The van der Waals surface area contributed by atoms with E-state index in [1.807, 2.05) is 27.2 Å². The van der Waals surface area contributed by atoms with E-state index in [9.17, 15) is 19.4 Å². The number of likely N-dealkylation sites (N-methyl/N-ethyl adjacent to an activating group) is 1. The molecule has 0 saturated carbocycles. The number of rotatable bonds is 75. The Morgan fingerprint density at radius 1 is 0.378 bits per heavy atom. The third kappa shape index (κ3) is 73.9. The molecular weight excluding hydrogens is 1130 g/mol. The average molecular weight is 1290 g/mol. The first-order valence-corrected chi connectivity index (χ1v) is 41.5. The summed E-state index contributed by atoms with van der Waals surface area (Å²) < 4.78 is 23.5. The Labute approximate surface area is 562 Å². The van der Waals surface area contributed by atoms with Gasteiger partial charge in [-0.05, 0) is 70.6 Å². The highest BCUT2D eigenvalue weighted by Gasteiger charge is 2.23. The van der Waals surface area contributed by atoms with Crippen LogP contribution in [0.3, 0.4) is 0 Å². The molecule has 0 rings (SSSR count). The van der Waals surface area contributed by atoms with Gasteiger partial charge in [0.25, 0.3) is 7.82 Å². The van der Waals surface area contributed by atoms with Crippen LogP contribution in [-0.4, -0.2) is 68.5 Å². The van der Waals surface area contributed by atoms with Gasteiger partial charge in [0.15, 0.2) is 0 Å². The van der Waals surface area contributed by atoms with Crippen LogP contribution in [0.1, 0.15) is 412 Å². The van der Waals surface area contributed by atoms with Crippen molar-refractivity contribution < 1.29 is 32.9 Å². The zero-order chi connectivity index (χ0) is 65.5. The maximum Gasteiger partial charge on any atom is 0.268 e. The second-order valence-electron chi connectivity index (χ2n) is 28.8. The molecule has 3 unspecified atom stereocenters. The number of quaternary nitrogens is 1. The van der Waals surface area contributed by atoms with E-state index in [2.05, 4.69) is 55.6 Å². The minimum Gasteiger partial charge on any atom is -0.756 e. The van der Waals surface area contributed by atoms with Crippen LogP contribution in [0.15, 0.2) is 48.6 Å². The van der Waals surface area contributed by atoms with Crippen molar-refractivity contribution in [1.82, 2.24) is 5.32 Å². The zero-order valence-electron chi connectivity index (χ0n) is 61.1. The molecule has 0 aromatic carbocycles. The Hall–Kier alpha value is -1.54. The van der Waals surface area contributed by atoms with Crippen molar-refractivity contribution in [3.63, 3.8) is 0 Å². The zero-order valence-corrected chi connectivity index (χ0v) is 62.0. The molecule has 1 amide bonds. The third-order valence-electron chi connectivity index (χ3n) is 18.5. The number of allylic oxidation sites excluding steroid dienone is 7. The molecule has 532 valence electrons. The standard InChI is InChI=1S/C81H157N2O6P/c1-6-8-10-12-14-16-18-20-22-24-26-28-30-32-34-35-36-37-38-39-40-41-42-43-44-45-46-47-49-51-53-55-57-59-61-63-65-67-69-71-73-75-81(85)82-79(78-89-90(86,87)88-77-76-83(3,4)5)80(84)74-72-70-68-66-64-62-60-58-56-54-52-50-48-33-31-29-27-25-23-21-19-17-15-13-11-9-7-2/h24,26,56,58,64,66,72,74,79-80,84H,6-23,25,27-55,57,59-63,65,67-71,73,75-78H2,1-5H3,(H-,82,85,86,87)/b26-24-,58-56+,66-64+,74-72+. The lowest BCUT2D eigenvalue weighted by atomic mass is 10.0. The van der Waals surface area contributed by atoms with Crippen molar-refractivity contribution in [1.29, 1.82) is 0 Å². The van der Waals surface area contributed by atoms with Crippen molar-refractivity contribution >= 4 is 13.7 Å². The van der Waals surface area contributed by atoms with E-state index in [-0.39, 0.29) is 12.5 Å². The summed E-state index contributed by atoms with van der Waals surface area (Å²) in [6, 6.07) is -0.911. The molecule has 8 nitrogen and oxygen atoms in total. The molecule has 0 aliphatic carbocycles. The molecule has 9 heteroatoms. The summed E-state index contributed by atoms with van der Waals surface area (Å²) in [7, 11) is 1.25. The molecule has 0 heterocycles. The normalized spacial score (nSPS) is 13.7. The Balaban J connectivity index is 3.95.